The van der Waals surface area contributed by atoms with E-state index in [2.05, 4.69) is 0 Å². The van der Waals surface area contributed by atoms with Crippen LogP contribution in [-0.4, -0.2) is 22.4 Å². The van der Waals surface area contributed by atoms with Gasteiger partial charge in [-0.1, -0.05) is 13.8 Å². The third kappa shape index (κ3) is 1.50. The normalized spacial score (nSPS) is 49.2. The van der Waals surface area contributed by atoms with Gasteiger partial charge in [0.2, 0.25) is 0 Å². The highest BCUT2D eigenvalue weighted by atomic mass is 16.3. The maximum absolute atomic E-state index is 9.35. The number of aliphatic hydroxyl groups is 2. The van der Waals surface area contributed by atoms with Gasteiger partial charge in [0.15, 0.2) is 0 Å². The Morgan fingerprint density at radius 3 is 1.50 bits per heavy atom. The smallest absolute Gasteiger partial charge is 0.0570 e. The summed E-state index contributed by atoms with van der Waals surface area (Å²) in [7, 11) is 0. The summed E-state index contributed by atoms with van der Waals surface area (Å²) >= 11 is 0. The molecule has 1 aliphatic carbocycles. The van der Waals surface area contributed by atoms with Crippen LogP contribution in [0.25, 0.3) is 0 Å². The first-order valence-corrected chi connectivity index (χ1v) is 3.97. The minimum absolute atomic E-state index is 0.196. The van der Waals surface area contributed by atoms with Crippen LogP contribution in [0.5, 0.6) is 0 Å². The van der Waals surface area contributed by atoms with Crippen LogP contribution < -0.4 is 0 Å². The Morgan fingerprint density at radius 1 is 0.900 bits per heavy atom. The van der Waals surface area contributed by atoms with E-state index in [4.69, 9.17) is 0 Å². The van der Waals surface area contributed by atoms with Crippen molar-refractivity contribution < 1.29 is 10.2 Å². The first-order chi connectivity index (χ1) is 4.61. The van der Waals surface area contributed by atoms with Crippen LogP contribution in [0.2, 0.25) is 0 Å². The monoisotopic (exact) mass is 144 g/mol. The molecule has 1 saturated carbocycles. The summed E-state index contributed by atoms with van der Waals surface area (Å²) in [6.45, 7) is 3.97. The minimum Gasteiger partial charge on any atom is -0.393 e. The van der Waals surface area contributed by atoms with Gasteiger partial charge in [0.1, 0.15) is 0 Å². The number of rotatable bonds is 0. The molecule has 2 N–H and O–H groups in total. The second kappa shape index (κ2) is 2.89. The standard InChI is InChI=1S/C8H16O2/c1-5-3-8(10)6(2)4-7(5)9/h5-10H,3-4H2,1-2H3/t5-,6+,7-,8-/m1/s1. The summed E-state index contributed by atoms with van der Waals surface area (Å²) in [4.78, 5) is 0. The largest absolute Gasteiger partial charge is 0.393 e. The van der Waals surface area contributed by atoms with Crippen molar-refractivity contribution >= 4 is 0 Å². The van der Waals surface area contributed by atoms with Crippen molar-refractivity contribution in [3.8, 4) is 0 Å². The van der Waals surface area contributed by atoms with Crippen LogP contribution in [-0.2, 0) is 0 Å². The quantitative estimate of drug-likeness (QED) is 0.527. The Kier molecular flexibility index (Phi) is 2.32. The Bertz CT molecular complexity index is 87.8. The number of aliphatic hydroxyl groups excluding tert-OH is 2. The van der Waals surface area contributed by atoms with Gasteiger partial charge in [0.05, 0.1) is 12.2 Å². The van der Waals surface area contributed by atoms with Gasteiger partial charge in [-0.05, 0) is 24.7 Å². The first kappa shape index (κ1) is 8.02. The Labute approximate surface area is 61.9 Å². The highest BCUT2D eigenvalue weighted by molar-refractivity contribution is 4.80. The molecule has 1 fully saturated rings. The van der Waals surface area contributed by atoms with Crippen molar-refractivity contribution in [2.24, 2.45) is 11.8 Å². The van der Waals surface area contributed by atoms with Crippen molar-refractivity contribution in [2.75, 3.05) is 0 Å². The zero-order valence-electron chi connectivity index (χ0n) is 6.62. The average Bonchev–Trinajstić information content (AvgIpc) is 1.84. The van der Waals surface area contributed by atoms with Crippen LogP contribution in [0.3, 0.4) is 0 Å². The van der Waals surface area contributed by atoms with E-state index in [-0.39, 0.29) is 24.0 Å². The van der Waals surface area contributed by atoms with E-state index < -0.39 is 0 Å². The summed E-state index contributed by atoms with van der Waals surface area (Å²) in [6.07, 6.45) is 1.11. The summed E-state index contributed by atoms with van der Waals surface area (Å²) in [5.41, 5.74) is 0. The third-order valence-electron chi connectivity index (χ3n) is 2.54. The molecular weight excluding hydrogens is 128 g/mol. The zero-order chi connectivity index (χ0) is 7.72. The lowest BCUT2D eigenvalue weighted by molar-refractivity contribution is -0.0203. The van der Waals surface area contributed by atoms with E-state index in [1.807, 2.05) is 13.8 Å². The van der Waals surface area contributed by atoms with Gasteiger partial charge in [-0.3, -0.25) is 0 Å². The van der Waals surface area contributed by atoms with Crippen LogP contribution in [0.15, 0.2) is 0 Å². The maximum atomic E-state index is 9.35. The molecule has 0 bridgehead atoms. The van der Waals surface area contributed by atoms with Crippen molar-refractivity contribution in [1.29, 1.82) is 0 Å². The fourth-order valence-electron chi connectivity index (χ4n) is 1.54. The molecule has 0 amide bonds. The molecule has 1 rings (SSSR count). The summed E-state index contributed by atoms with van der Waals surface area (Å²) in [6, 6.07) is 0. The predicted molar refractivity (Wildman–Crippen MR) is 39.6 cm³/mol. The molecule has 0 aromatic rings. The van der Waals surface area contributed by atoms with E-state index in [0.717, 1.165) is 12.8 Å². The fourth-order valence-corrected chi connectivity index (χ4v) is 1.54. The molecule has 10 heavy (non-hydrogen) atoms. The van der Waals surface area contributed by atoms with E-state index >= 15 is 0 Å². The Balaban J connectivity index is 2.46. The number of hydrogen-bond donors (Lipinski definition) is 2. The molecule has 2 nitrogen and oxygen atoms in total. The van der Waals surface area contributed by atoms with Crippen LogP contribution in [0.4, 0.5) is 0 Å². The molecule has 1 aliphatic rings. The number of hydrogen-bond acceptors (Lipinski definition) is 2. The molecule has 0 unspecified atom stereocenters. The van der Waals surface area contributed by atoms with Crippen molar-refractivity contribution in [3.63, 3.8) is 0 Å². The van der Waals surface area contributed by atoms with Gasteiger partial charge in [0.25, 0.3) is 0 Å². The molecule has 0 spiro atoms. The third-order valence-corrected chi connectivity index (χ3v) is 2.54. The predicted octanol–water partition coefficient (Wildman–Crippen LogP) is 0.774. The van der Waals surface area contributed by atoms with E-state index in [1.54, 1.807) is 0 Å². The van der Waals surface area contributed by atoms with Gasteiger partial charge >= 0.3 is 0 Å². The summed E-state index contributed by atoms with van der Waals surface area (Å²) in [5.74, 6) is 0.539. The van der Waals surface area contributed by atoms with Gasteiger partial charge in [-0.2, -0.15) is 0 Å². The van der Waals surface area contributed by atoms with E-state index in [0.29, 0.717) is 0 Å². The highest BCUT2D eigenvalue weighted by Gasteiger charge is 2.29. The van der Waals surface area contributed by atoms with Gasteiger partial charge < -0.3 is 10.2 Å². The van der Waals surface area contributed by atoms with Crippen LogP contribution in [0.1, 0.15) is 26.7 Å². The molecular formula is C8H16O2. The van der Waals surface area contributed by atoms with Crippen LogP contribution >= 0.6 is 0 Å². The molecule has 0 heterocycles. The Morgan fingerprint density at radius 2 is 1.20 bits per heavy atom. The Hall–Kier alpha value is -0.0800. The highest BCUT2D eigenvalue weighted by Crippen LogP contribution is 2.28. The first-order valence-electron chi connectivity index (χ1n) is 3.97. The fraction of sp³-hybridized carbons (Fsp3) is 1.00. The van der Waals surface area contributed by atoms with E-state index in [1.165, 1.54) is 0 Å². The van der Waals surface area contributed by atoms with Gasteiger partial charge in [-0.15, -0.1) is 0 Å². The summed E-state index contributed by atoms with van der Waals surface area (Å²) < 4.78 is 0. The van der Waals surface area contributed by atoms with Crippen molar-refractivity contribution in [1.82, 2.24) is 0 Å². The molecule has 0 aliphatic heterocycles. The van der Waals surface area contributed by atoms with Crippen molar-refractivity contribution in [3.05, 3.63) is 0 Å². The zero-order valence-corrected chi connectivity index (χ0v) is 6.62. The topological polar surface area (TPSA) is 40.5 Å². The minimum atomic E-state index is -0.196. The van der Waals surface area contributed by atoms with Gasteiger partial charge in [0, 0.05) is 0 Å². The lowest BCUT2D eigenvalue weighted by Gasteiger charge is -2.33. The average molecular weight is 144 g/mol. The lowest BCUT2D eigenvalue weighted by atomic mass is 9.80. The molecule has 2 heteroatoms. The second-order valence-corrected chi connectivity index (χ2v) is 3.56. The summed E-state index contributed by atoms with van der Waals surface area (Å²) in [5, 5.41) is 18.7. The second-order valence-electron chi connectivity index (χ2n) is 3.56. The molecule has 0 aromatic heterocycles. The maximum Gasteiger partial charge on any atom is 0.0570 e. The molecule has 0 saturated heterocycles. The molecule has 4 atom stereocenters. The van der Waals surface area contributed by atoms with Crippen LogP contribution in [0, 0.1) is 11.8 Å². The van der Waals surface area contributed by atoms with E-state index in [9.17, 15) is 10.2 Å². The molecule has 0 radical (unpaired) electrons. The van der Waals surface area contributed by atoms with Gasteiger partial charge in [-0.25, -0.2) is 0 Å². The molecule has 60 valence electrons. The molecule has 0 aromatic carbocycles. The lowest BCUT2D eigenvalue weighted by Crippen LogP contribution is -2.35. The van der Waals surface area contributed by atoms with Crippen molar-refractivity contribution in [2.45, 2.75) is 38.9 Å². The SMILES string of the molecule is C[C@@H]1C[C@@H](O)[C@@H](C)C[C@H]1O.